The van der Waals surface area contributed by atoms with Crippen LogP contribution in [0.4, 0.5) is 0 Å². The van der Waals surface area contributed by atoms with Gasteiger partial charge in [0, 0.05) is 12.1 Å². The Morgan fingerprint density at radius 1 is 1.00 bits per heavy atom. The van der Waals surface area contributed by atoms with Gasteiger partial charge in [0.25, 0.3) is 0 Å². The van der Waals surface area contributed by atoms with Crippen LogP contribution in [0, 0.1) is 0 Å². The molecule has 4 rings (SSSR count). The van der Waals surface area contributed by atoms with Crippen LogP contribution < -0.4 is 14.2 Å². The van der Waals surface area contributed by atoms with Gasteiger partial charge in [0.1, 0.15) is 22.8 Å². The van der Waals surface area contributed by atoms with Crippen molar-refractivity contribution in [3.05, 3.63) is 47.2 Å². The number of benzene rings is 2. The van der Waals surface area contributed by atoms with E-state index in [4.69, 9.17) is 14.2 Å². The van der Waals surface area contributed by atoms with E-state index >= 15 is 0 Å². The third-order valence-electron chi connectivity index (χ3n) is 3.43. The average Bonchev–Trinajstić information content (AvgIpc) is 3.04. The molecule has 0 bridgehead atoms. The molecule has 2 aromatic carbocycles. The quantitative estimate of drug-likeness (QED) is 0.787. The largest absolute Gasteiger partial charge is 0.508 e. The van der Waals surface area contributed by atoms with Crippen molar-refractivity contribution in [1.29, 1.82) is 0 Å². The molecule has 110 valence electrons. The van der Waals surface area contributed by atoms with Crippen LogP contribution in [0.1, 0.15) is 15.9 Å². The molecule has 2 aliphatic heterocycles. The van der Waals surface area contributed by atoms with E-state index in [1.807, 2.05) is 0 Å². The van der Waals surface area contributed by atoms with Crippen molar-refractivity contribution in [2.45, 2.75) is 0 Å². The van der Waals surface area contributed by atoms with Crippen molar-refractivity contribution in [2.24, 2.45) is 0 Å². The fourth-order valence-electron chi connectivity index (χ4n) is 2.43. The lowest BCUT2D eigenvalue weighted by molar-refractivity contribution is 0.101. The summed E-state index contributed by atoms with van der Waals surface area (Å²) in [5.74, 6) is 0.515. The zero-order valence-corrected chi connectivity index (χ0v) is 11.2. The summed E-state index contributed by atoms with van der Waals surface area (Å²) in [6.07, 6.45) is 1.54. The first kappa shape index (κ1) is 12.6. The molecule has 0 atom stereocenters. The topological polar surface area (TPSA) is 85.2 Å². The van der Waals surface area contributed by atoms with Gasteiger partial charge in [-0.15, -0.1) is 0 Å². The highest BCUT2D eigenvalue weighted by Crippen LogP contribution is 2.41. The van der Waals surface area contributed by atoms with Gasteiger partial charge in [-0.05, 0) is 23.8 Å². The van der Waals surface area contributed by atoms with E-state index in [0.717, 1.165) is 6.07 Å². The van der Waals surface area contributed by atoms with E-state index in [-0.39, 0.29) is 35.4 Å². The van der Waals surface area contributed by atoms with Gasteiger partial charge in [-0.1, -0.05) is 6.07 Å². The lowest BCUT2D eigenvalue weighted by Crippen LogP contribution is -1.98. The molecule has 0 radical (unpaired) electrons. The Bertz CT molecular complexity index is 837. The molecule has 22 heavy (non-hydrogen) atoms. The predicted octanol–water partition coefficient (Wildman–Crippen LogP) is 2.44. The number of phenolic OH excluding ortho intramolecular Hbond substituents is 2. The number of carbonyl (C=O) groups excluding carboxylic acids is 1. The standard InChI is InChI=1S/C16H10O6/c17-9-5-10(18)15-13(6-9)22-14(16(15)19)4-8-1-2-11-12(3-8)21-7-20-11/h1-6,17-18H,7H2/b14-4-. The predicted molar refractivity (Wildman–Crippen MR) is 75.3 cm³/mol. The van der Waals surface area contributed by atoms with Gasteiger partial charge in [-0.25, -0.2) is 0 Å². The van der Waals surface area contributed by atoms with Gasteiger partial charge in [-0.2, -0.15) is 0 Å². The lowest BCUT2D eigenvalue weighted by atomic mass is 10.1. The second-order valence-corrected chi connectivity index (χ2v) is 4.89. The third kappa shape index (κ3) is 1.85. The first-order valence-corrected chi connectivity index (χ1v) is 6.52. The van der Waals surface area contributed by atoms with Crippen molar-refractivity contribution in [2.75, 3.05) is 6.79 Å². The van der Waals surface area contributed by atoms with Crippen molar-refractivity contribution < 1.29 is 29.2 Å². The van der Waals surface area contributed by atoms with Gasteiger partial charge in [-0.3, -0.25) is 4.79 Å². The molecule has 2 aromatic rings. The molecule has 2 aliphatic rings. The maximum atomic E-state index is 12.3. The molecule has 0 aromatic heterocycles. The molecule has 6 nitrogen and oxygen atoms in total. The molecule has 0 aliphatic carbocycles. The molecular formula is C16H10O6. The number of ether oxygens (including phenoxy) is 3. The summed E-state index contributed by atoms with van der Waals surface area (Å²) in [6, 6.07) is 7.62. The number of phenols is 2. The molecule has 0 spiro atoms. The minimum Gasteiger partial charge on any atom is -0.508 e. The summed E-state index contributed by atoms with van der Waals surface area (Å²) in [6.45, 7) is 0.170. The van der Waals surface area contributed by atoms with Crippen LogP contribution in [0.5, 0.6) is 28.7 Å². The van der Waals surface area contributed by atoms with E-state index in [1.165, 1.54) is 6.07 Å². The Labute approximate surface area is 124 Å². The molecule has 0 saturated heterocycles. The molecule has 6 heteroatoms. The van der Waals surface area contributed by atoms with E-state index in [1.54, 1.807) is 24.3 Å². The zero-order valence-electron chi connectivity index (χ0n) is 11.2. The summed E-state index contributed by atoms with van der Waals surface area (Å²) in [4.78, 5) is 12.3. The van der Waals surface area contributed by atoms with Crippen LogP contribution >= 0.6 is 0 Å². The Kier molecular flexibility index (Phi) is 2.53. The highest BCUT2D eigenvalue weighted by Gasteiger charge is 2.31. The summed E-state index contributed by atoms with van der Waals surface area (Å²) in [5, 5.41) is 19.2. The Morgan fingerprint density at radius 2 is 1.82 bits per heavy atom. The Hall–Kier alpha value is -3.15. The summed E-state index contributed by atoms with van der Waals surface area (Å²) >= 11 is 0. The van der Waals surface area contributed by atoms with Gasteiger partial charge in [0.2, 0.25) is 12.6 Å². The second kappa shape index (κ2) is 4.42. The molecule has 0 fully saturated rings. The number of ketones is 1. The maximum absolute atomic E-state index is 12.3. The Morgan fingerprint density at radius 3 is 2.68 bits per heavy atom. The van der Waals surface area contributed by atoms with Crippen molar-refractivity contribution >= 4 is 11.9 Å². The number of carbonyl (C=O) groups is 1. The number of Topliss-reactive ketones (excluding diaryl/α,β-unsaturated/α-hetero) is 1. The number of hydrogen-bond acceptors (Lipinski definition) is 6. The van der Waals surface area contributed by atoms with Crippen LogP contribution in [0.2, 0.25) is 0 Å². The minimum atomic E-state index is -0.440. The van der Waals surface area contributed by atoms with E-state index in [2.05, 4.69) is 0 Å². The van der Waals surface area contributed by atoms with Crippen LogP contribution in [0.15, 0.2) is 36.1 Å². The van der Waals surface area contributed by atoms with E-state index in [0.29, 0.717) is 17.1 Å². The summed E-state index contributed by atoms with van der Waals surface area (Å²) < 4.78 is 15.9. The molecule has 0 amide bonds. The summed E-state index contributed by atoms with van der Waals surface area (Å²) in [7, 11) is 0. The average molecular weight is 298 g/mol. The van der Waals surface area contributed by atoms with Crippen molar-refractivity contribution in [3.8, 4) is 28.7 Å². The second-order valence-electron chi connectivity index (χ2n) is 4.89. The number of rotatable bonds is 1. The smallest absolute Gasteiger partial charge is 0.235 e. The van der Waals surface area contributed by atoms with Gasteiger partial charge < -0.3 is 24.4 Å². The number of fused-ring (bicyclic) bond motifs is 2. The lowest BCUT2D eigenvalue weighted by Gasteiger charge is -2.01. The zero-order chi connectivity index (χ0) is 15.3. The highest BCUT2D eigenvalue weighted by atomic mass is 16.7. The first-order valence-electron chi connectivity index (χ1n) is 6.52. The number of hydrogen-bond donors (Lipinski definition) is 2. The maximum Gasteiger partial charge on any atom is 0.235 e. The van der Waals surface area contributed by atoms with E-state index < -0.39 is 5.78 Å². The van der Waals surface area contributed by atoms with Crippen LogP contribution in [0.3, 0.4) is 0 Å². The number of aromatic hydroxyl groups is 2. The molecule has 0 unspecified atom stereocenters. The van der Waals surface area contributed by atoms with Crippen LogP contribution in [-0.4, -0.2) is 22.8 Å². The first-order chi connectivity index (χ1) is 10.6. The Balaban J connectivity index is 1.73. The van der Waals surface area contributed by atoms with Crippen LogP contribution in [0.25, 0.3) is 6.08 Å². The van der Waals surface area contributed by atoms with Crippen molar-refractivity contribution in [1.82, 2.24) is 0 Å². The van der Waals surface area contributed by atoms with Crippen molar-refractivity contribution in [3.63, 3.8) is 0 Å². The monoisotopic (exact) mass is 298 g/mol. The third-order valence-corrected chi connectivity index (χ3v) is 3.43. The fourth-order valence-corrected chi connectivity index (χ4v) is 2.43. The molecule has 2 heterocycles. The SMILES string of the molecule is O=C1/C(=C/c2ccc3c(c2)OCO3)Oc2cc(O)cc(O)c21. The van der Waals surface area contributed by atoms with Gasteiger partial charge >= 0.3 is 0 Å². The highest BCUT2D eigenvalue weighted by molar-refractivity contribution is 6.16. The normalized spacial score (nSPS) is 16.7. The minimum absolute atomic E-state index is 0.0461. The molecule has 2 N–H and O–H groups in total. The molecular weight excluding hydrogens is 288 g/mol. The van der Waals surface area contributed by atoms with Gasteiger partial charge in [0.15, 0.2) is 17.3 Å². The van der Waals surface area contributed by atoms with Crippen LogP contribution in [-0.2, 0) is 0 Å². The van der Waals surface area contributed by atoms with Gasteiger partial charge in [0.05, 0.1) is 0 Å². The summed E-state index contributed by atoms with van der Waals surface area (Å²) in [5.41, 5.74) is 0.744. The number of allylic oxidation sites excluding steroid dienone is 1. The molecule has 0 saturated carbocycles. The van der Waals surface area contributed by atoms with E-state index in [9.17, 15) is 15.0 Å². The fraction of sp³-hybridized carbons (Fsp3) is 0.0625.